The van der Waals surface area contributed by atoms with Crippen LogP contribution in [0.15, 0.2) is 42.7 Å². The number of carboxylic acids is 1. The van der Waals surface area contributed by atoms with Crippen LogP contribution < -0.4 is 10.6 Å². The Balaban J connectivity index is 1.51. The van der Waals surface area contributed by atoms with E-state index in [0.717, 1.165) is 18.5 Å². The van der Waals surface area contributed by atoms with Gasteiger partial charge >= 0.3 is 12.0 Å². The lowest BCUT2D eigenvalue weighted by atomic mass is 9.85. The van der Waals surface area contributed by atoms with Crippen LogP contribution in [0.2, 0.25) is 0 Å². The lowest BCUT2D eigenvalue weighted by molar-refractivity contribution is -0.139. The Morgan fingerprint density at radius 2 is 2.04 bits per heavy atom. The van der Waals surface area contributed by atoms with Crippen LogP contribution in [0.1, 0.15) is 19.8 Å². The minimum atomic E-state index is -0.825. The number of anilines is 1. The van der Waals surface area contributed by atoms with Gasteiger partial charge in [-0.2, -0.15) is 0 Å². The molecule has 1 saturated carbocycles. The molecule has 2 aromatic rings. The van der Waals surface area contributed by atoms with Gasteiger partial charge in [-0.15, -0.1) is 0 Å². The average Bonchev–Trinajstić information content (AvgIpc) is 3.04. The van der Waals surface area contributed by atoms with E-state index in [0.29, 0.717) is 12.5 Å². The van der Waals surface area contributed by atoms with Crippen molar-refractivity contribution in [1.82, 2.24) is 19.8 Å². The molecule has 1 heterocycles. The van der Waals surface area contributed by atoms with Crippen LogP contribution >= 0.6 is 0 Å². The van der Waals surface area contributed by atoms with Crippen molar-refractivity contribution < 1.29 is 14.7 Å². The van der Waals surface area contributed by atoms with Crippen LogP contribution in [0.3, 0.4) is 0 Å². The molecule has 1 aliphatic carbocycles. The summed E-state index contributed by atoms with van der Waals surface area (Å²) in [7, 11) is 0. The van der Waals surface area contributed by atoms with E-state index in [-0.39, 0.29) is 24.7 Å². The number of hydrogen-bond donors (Lipinski definition) is 3. The van der Waals surface area contributed by atoms with E-state index in [9.17, 15) is 9.59 Å². The Labute approximate surface area is 151 Å². The number of carbonyl (C=O) groups is 2. The number of carboxylic acid groups (broad SMARTS) is 1. The Kier molecular flexibility index (Phi) is 5.52. The largest absolute Gasteiger partial charge is 0.480 e. The van der Waals surface area contributed by atoms with Crippen LogP contribution in [0, 0.1) is 0 Å². The Hall–Kier alpha value is -2.87. The Morgan fingerprint density at radius 3 is 2.69 bits per heavy atom. The number of benzene rings is 1. The number of para-hydroxylation sites is 1. The molecule has 3 N–H and O–H groups in total. The van der Waals surface area contributed by atoms with Crippen molar-refractivity contribution in [2.45, 2.75) is 31.8 Å². The van der Waals surface area contributed by atoms with Crippen LogP contribution in [0.5, 0.6) is 0 Å². The number of hydrogen-bond acceptors (Lipinski definition) is 4. The fraction of sp³-hybridized carbons (Fsp3) is 0.389. The summed E-state index contributed by atoms with van der Waals surface area (Å²) in [5.41, 5.74) is 0.913. The molecule has 0 saturated heterocycles. The van der Waals surface area contributed by atoms with Crippen molar-refractivity contribution in [3.05, 3.63) is 42.7 Å². The zero-order valence-electron chi connectivity index (χ0n) is 14.6. The van der Waals surface area contributed by atoms with Crippen molar-refractivity contribution in [1.29, 1.82) is 0 Å². The molecule has 8 heteroatoms. The fourth-order valence-corrected chi connectivity index (χ4v) is 3.19. The first-order chi connectivity index (χ1) is 12.6. The van der Waals surface area contributed by atoms with Gasteiger partial charge < -0.3 is 10.4 Å². The maximum Gasteiger partial charge on any atom is 0.321 e. The zero-order valence-corrected chi connectivity index (χ0v) is 14.6. The monoisotopic (exact) mass is 357 g/mol. The molecule has 0 bridgehead atoms. The molecular formula is C18H23N5O3. The molecule has 0 radical (unpaired) electrons. The smallest absolute Gasteiger partial charge is 0.321 e. The van der Waals surface area contributed by atoms with Crippen molar-refractivity contribution in [3.8, 4) is 5.69 Å². The highest BCUT2D eigenvalue weighted by atomic mass is 16.4. The molecule has 0 unspecified atom stereocenters. The summed E-state index contributed by atoms with van der Waals surface area (Å²) in [6.45, 7) is 2.67. The normalized spacial score (nSPS) is 19.0. The number of nitrogens with zero attached hydrogens (tertiary/aromatic N) is 3. The van der Waals surface area contributed by atoms with Crippen LogP contribution in [-0.4, -0.2) is 56.7 Å². The summed E-state index contributed by atoms with van der Waals surface area (Å²) >= 11 is 0. The fourth-order valence-electron chi connectivity index (χ4n) is 3.19. The predicted octanol–water partition coefficient (Wildman–Crippen LogP) is 1.93. The van der Waals surface area contributed by atoms with Crippen molar-refractivity contribution in [2.75, 3.05) is 18.4 Å². The molecule has 138 valence electrons. The van der Waals surface area contributed by atoms with E-state index in [1.165, 1.54) is 0 Å². The van der Waals surface area contributed by atoms with Crippen LogP contribution in [0.25, 0.3) is 5.69 Å². The molecule has 1 fully saturated rings. The number of rotatable bonds is 7. The lowest BCUT2D eigenvalue weighted by Crippen LogP contribution is -2.55. The first-order valence-electron chi connectivity index (χ1n) is 8.69. The number of amides is 2. The van der Waals surface area contributed by atoms with E-state index in [1.54, 1.807) is 17.0 Å². The Bertz CT molecular complexity index is 755. The third kappa shape index (κ3) is 4.20. The molecule has 0 atom stereocenters. The third-order valence-corrected chi connectivity index (χ3v) is 4.61. The molecule has 0 spiro atoms. The highest BCUT2D eigenvalue weighted by Gasteiger charge is 2.34. The number of aliphatic carboxylic acids is 1. The van der Waals surface area contributed by atoms with Gasteiger partial charge in [0.2, 0.25) is 5.95 Å². The van der Waals surface area contributed by atoms with Crippen LogP contribution in [0.4, 0.5) is 10.7 Å². The molecule has 1 aromatic heterocycles. The maximum atomic E-state index is 12.2. The molecule has 1 aliphatic rings. The highest BCUT2D eigenvalue weighted by molar-refractivity contribution is 5.88. The van der Waals surface area contributed by atoms with Gasteiger partial charge in [0.1, 0.15) is 0 Å². The molecule has 0 aliphatic heterocycles. The van der Waals surface area contributed by atoms with Crippen molar-refractivity contribution in [3.63, 3.8) is 0 Å². The summed E-state index contributed by atoms with van der Waals surface area (Å²) in [5.74, 6) is -0.376. The number of likely N-dealkylation sites (N-methyl/N-ethyl adjacent to an activating group) is 1. The minimum Gasteiger partial charge on any atom is -0.480 e. The second-order valence-corrected chi connectivity index (χ2v) is 6.33. The van der Waals surface area contributed by atoms with Gasteiger partial charge in [-0.1, -0.05) is 25.1 Å². The van der Waals surface area contributed by atoms with Gasteiger partial charge in [-0.25, -0.2) is 9.78 Å². The lowest BCUT2D eigenvalue weighted by Gasteiger charge is -2.42. The summed E-state index contributed by atoms with van der Waals surface area (Å²) in [6.07, 6.45) is 4.92. The summed E-state index contributed by atoms with van der Waals surface area (Å²) in [5, 5.41) is 14.6. The molecular weight excluding hydrogens is 334 g/mol. The van der Waals surface area contributed by atoms with Crippen molar-refractivity contribution in [2.24, 2.45) is 0 Å². The van der Waals surface area contributed by atoms with Gasteiger partial charge in [0.25, 0.3) is 0 Å². The number of aromatic nitrogens is 2. The first-order valence-corrected chi connectivity index (χ1v) is 8.69. The van der Waals surface area contributed by atoms with Gasteiger partial charge in [0.15, 0.2) is 0 Å². The summed E-state index contributed by atoms with van der Waals surface area (Å²) in [4.78, 5) is 29.2. The SMILES string of the molecule is CCN(CC(=O)O)C1CC(NC(=O)Nc2nccn2-c2ccccc2)C1. The summed E-state index contributed by atoms with van der Waals surface area (Å²) in [6, 6.07) is 9.58. The quantitative estimate of drug-likeness (QED) is 0.703. The van der Waals surface area contributed by atoms with Gasteiger partial charge in [-0.05, 0) is 31.5 Å². The minimum absolute atomic E-state index is 0.0363. The van der Waals surface area contributed by atoms with Crippen LogP contribution in [-0.2, 0) is 4.79 Å². The van der Waals surface area contributed by atoms with E-state index in [2.05, 4.69) is 15.6 Å². The van der Waals surface area contributed by atoms with Gasteiger partial charge in [-0.3, -0.25) is 19.6 Å². The number of urea groups is 1. The summed E-state index contributed by atoms with van der Waals surface area (Å²) < 4.78 is 1.80. The van der Waals surface area contributed by atoms with Crippen molar-refractivity contribution >= 4 is 17.9 Å². The first kappa shape index (κ1) is 17.9. The van der Waals surface area contributed by atoms with E-state index < -0.39 is 5.97 Å². The van der Waals surface area contributed by atoms with E-state index in [1.807, 2.05) is 42.2 Å². The number of carbonyl (C=O) groups excluding carboxylic acids is 1. The molecule has 1 aromatic carbocycles. The molecule has 8 nitrogen and oxygen atoms in total. The van der Waals surface area contributed by atoms with Gasteiger partial charge in [0, 0.05) is 30.2 Å². The average molecular weight is 357 g/mol. The Morgan fingerprint density at radius 1 is 1.31 bits per heavy atom. The third-order valence-electron chi connectivity index (χ3n) is 4.61. The predicted molar refractivity (Wildman–Crippen MR) is 97.4 cm³/mol. The number of nitrogens with one attached hydrogen (secondary N) is 2. The maximum absolute atomic E-state index is 12.2. The standard InChI is InChI=1S/C18H23N5O3/c1-2-22(12-16(24)25)15-10-13(11-15)20-18(26)21-17-19-8-9-23(17)14-6-4-3-5-7-14/h3-9,13,15H,2,10-12H2,1H3,(H,24,25)(H2,19,20,21,26). The van der Waals surface area contributed by atoms with Gasteiger partial charge in [0.05, 0.1) is 6.54 Å². The van der Waals surface area contributed by atoms with E-state index >= 15 is 0 Å². The number of imidazole rings is 1. The second-order valence-electron chi connectivity index (χ2n) is 6.33. The molecule has 2 amide bonds. The second kappa shape index (κ2) is 8.01. The van der Waals surface area contributed by atoms with E-state index in [4.69, 9.17) is 5.11 Å². The molecule has 26 heavy (non-hydrogen) atoms. The highest BCUT2D eigenvalue weighted by Crippen LogP contribution is 2.25. The molecule has 3 rings (SSSR count). The zero-order chi connectivity index (χ0) is 18.5. The topological polar surface area (TPSA) is 99.5 Å².